The van der Waals surface area contributed by atoms with Crippen LogP contribution in [0.5, 0.6) is 0 Å². The first-order valence-electron chi connectivity index (χ1n) is 8.04. The molecule has 0 amide bonds. The lowest BCUT2D eigenvalue weighted by Gasteiger charge is -2.28. The minimum absolute atomic E-state index is 0.213. The molecule has 124 valence electrons. The highest BCUT2D eigenvalue weighted by atomic mass is 16.6. The molecule has 1 aliphatic rings. The van der Waals surface area contributed by atoms with E-state index in [0.717, 1.165) is 42.6 Å². The van der Waals surface area contributed by atoms with Crippen molar-refractivity contribution < 1.29 is 9.94 Å². The van der Waals surface area contributed by atoms with Gasteiger partial charge in [-0.05, 0) is 6.07 Å². The molecule has 1 aromatic heterocycles. The third-order valence-corrected chi connectivity index (χ3v) is 4.14. The van der Waals surface area contributed by atoms with Crippen LogP contribution in [0.3, 0.4) is 0 Å². The number of aryl methyl sites for hydroxylation is 1. The van der Waals surface area contributed by atoms with E-state index in [-0.39, 0.29) is 6.61 Å². The Balaban J connectivity index is 1.50. The van der Waals surface area contributed by atoms with Gasteiger partial charge in [-0.25, -0.2) is 0 Å². The van der Waals surface area contributed by atoms with E-state index >= 15 is 0 Å². The molecule has 3 rings (SSSR count). The number of benzene rings is 1. The molecule has 0 spiro atoms. The fourth-order valence-corrected chi connectivity index (χ4v) is 2.94. The summed E-state index contributed by atoms with van der Waals surface area (Å²) in [5.74, 6) is 0. The van der Waals surface area contributed by atoms with Gasteiger partial charge in [0.25, 0.3) is 0 Å². The van der Waals surface area contributed by atoms with E-state index in [0.29, 0.717) is 6.54 Å². The first-order valence-corrected chi connectivity index (χ1v) is 8.04. The van der Waals surface area contributed by atoms with E-state index in [2.05, 4.69) is 32.1 Å². The molecule has 6 heteroatoms. The van der Waals surface area contributed by atoms with Crippen LogP contribution in [0.4, 0.5) is 0 Å². The van der Waals surface area contributed by atoms with Crippen LogP contribution in [0.2, 0.25) is 0 Å². The van der Waals surface area contributed by atoms with Crippen molar-refractivity contribution in [2.24, 2.45) is 12.2 Å². The largest absolute Gasteiger partial charge is 0.393 e. The number of aliphatic hydroxyl groups excluding tert-OH is 1. The maximum atomic E-state index is 10.0. The SMILES string of the molecule is Cn1cc(/C=N/OCC(O)CN2CCNCC2)c2ccccc21. The molecular formula is C17H24N4O2. The summed E-state index contributed by atoms with van der Waals surface area (Å²) in [6, 6.07) is 8.17. The third-order valence-electron chi connectivity index (χ3n) is 4.14. The molecule has 2 heterocycles. The zero-order chi connectivity index (χ0) is 16.1. The lowest BCUT2D eigenvalue weighted by molar-refractivity contribution is 0.0176. The van der Waals surface area contributed by atoms with Crippen LogP contribution < -0.4 is 5.32 Å². The minimum Gasteiger partial charge on any atom is -0.393 e. The Morgan fingerprint density at radius 3 is 2.96 bits per heavy atom. The van der Waals surface area contributed by atoms with Gasteiger partial charge in [0.2, 0.25) is 0 Å². The summed E-state index contributed by atoms with van der Waals surface area (Å²) >= 11 is 0. The van der Waals surface area contributed by atoms with Crippen molar-refractivity contribution in [3.63, 3.8) is 0 Å². The van der Waals surface area contributed by atoms with Gasteiger partial charge in [-0.15, -0.1) is 0 Å². The van der Waals surface area contributed by atoms with Gasteiger partial charge in [0.05, 0.1) is 6.21 Å². The molecule has 6 nitrogen and oxygen atoms in total. The lowest BCUT2D eigenvalue weighted by Crippen LogP contribution is -2.46. The van der Waals surface area contributed by atoms with Crippen molar-refractivity contribution in [1.82, 2.24) is 14.8 Å². The van der Waals surface area contributed by atoms with Crippen molar-refractivity contribution >= 4 is 17.1 Å². The Morgan fingerprint density at radius 1 is 1.35 bits per heavy atom. The van der Waals surface area contributed by atoms with Crippen LogP contribution in [0.25, 0.3) is 10.9 Å². The molecule has 23 heavy (non-hydrogen) atoms. The van der Waals surface area contributed by atoms with Gasteiger partial charge in [-0.3, -0.25) is 4.90 Å². The Morgan fingerprint density at radius 2 is 2.13 bits per heavy atom. The van der Waals surface area contributed by atoms with Crippen LogP contribution >= 0.6 is 0 Å². The first-order chi connectivity index (χ1) is 11.2. The van der Waals surface area contributed by atoms with Gasteiger partial charge in [0.1, 0.15) is 12.7 Å². The summed E-state index contributed by atoms with van der Waals surface area (Å²) in [6.07, 6.45) is 3.21. The number of rotatable bonds is 6. The molecule has 2 aromatic rings. The molecule has 1 unspecified atom stereocenters. The second kappa shape index (κ2) is 7.59. The fourth-order valence-electron chi connectivity index (χ4n) is 2.94. The summed E-state index contributed by atoms with van der Waals surface area (Å²) in [7, 11) is 2.01. The lowest BCUT2D eigenvalue weighted by atomic mass is 10.2. The first kappa shape index (κ1) is 16.0. The number of β-amino-alcohol motifs (C(OH)–C–C–N with tert-alkyl or cyclic N) is 1. The van der Waals surface area contributed by atoms with Gasteiger partial charge in [0, 0.05) is 62.4 Å². The summed E-state index contributed by atoms with van der Waals surface area (Å²) in [5.41, 5.74) is 2.17. The van der Waals surface area contributed by atoms with Gasteiger partial charge in [-0.2, -0.15) is 0 Å². The zero-order valence-corrected chi connectivity index (χ0v) is 13.5. The van der Waals surface area contributed by atoms with Crippen LogP contribution in [-0.2, 0) is 11.9 Å². The number of aromatic nitrogens is 1. The van der Waals surface area contributed by atoms with Crippen LogP contribution in [0.1, 0.15) is 5.56 Å². The number of piperazine rings is 1. The van der Waals surface area contributed by atoms with E-state index in [9.17, 15) is 5.11 Å². The molecule has 0 bridgehead atoms. The Bertz CT molecular complexity index is 662. The van der Waals surface area contributed by atoms with Crippen molar-refractivity contribution in [2.45, 2.75) is 6.10 Å². The predicted octanol–water partition coefficient (Wildman–Crippen LogP) is 0.795. The van der Waals surface area contributed by atoms with Crippen molar-refractivity contribution in [2.75, 3.05) is 39.3 Å². The average molecular weight is 316 g/mol. The number of hydrogen-bond donors (Lipinski definition) is 2. The Labute approximate surface area is 136 Å². The highest BCUT2D eigenvalue weighted by molar-refractivity contribution is 5.99. The number of aliphatic hydroxyl groups is 1. The van der Waals surface area contributed by atoms with Crippen molar-refractivity contribution in [1.29, 1.82) is 0 Å². The molecule has 0 aliphatic carbocycles. The van der Waals surface area contributed by atoms with Gasteiger partial charge < -0.3 is 19.8 Å². The van der Waals surface area contributed by atoms with Crippen molar-refractivity contribution in [3.05, 3.63) is 36.0 Å². The summed E-state index contributed by atoms with van der Waals surface area (Å²) in [4.78, 5) is 7.50. The molecule has 0 saturated carbocycles. The van der Waals surface area contributed by atoms with E-state index < -0.39 is 6.10 Å². The highest BCUT2D eigenvalue weighted by Gasteiger charge is 2.14. The van der Waals surface area contributed by atoms with Crippen LogP contribution in [0, 0.1) is 0 Å². The van der Waals surface area contributed by atoms with E-state index in [1.54, 1.807) is 6.21 Å². The number of oxime groups is 1. The third kappa shape index (κ3) is 4.10. The van der Waals surface area contributed by atoms with Crippen LogP contribution in [-0.4, -0.2) is 66.2 Å². The van der Waals surface area contributed by atoms with Gasteiger partial charge in [-0.1, -0.05) is 23.4 Å². The highest BCUT2D eigenvalue weighted by Crippen LogP contribution is 2.18. The summed E-state index contributed by atoms with van der Waals surface area (Å²) in [5, 5.41) is 18.5. The molecule has 1 aliphatic heterocycles. The second-order valence-corrected chi connectivity index (χ2v) is 5.95. The van der Waals surface area contributed by atoms with Crippen LogP contribution in [0.15, 0.2) is 35.6 Å². The summed E-state index contributed by atoms with van der Waals surface area (Å²) in [6.45, 7) is 4.74. The topological polar surface area (TPSA) is 62.0 Å². The molecule has 0 radical (unpaired) electrons. The van der Waals surface area contributed by atoms with E-state index in [4.69, 9.17) is 4.84 Å². The number of nitrogens with zero attached hydrogens (tertiary/aromatic N) is 3. The number of para-hydroxylation sites is 1. The Hall–Kier alpha value is -1.89. The minimum atomic E-state index is -0.516. The molecule has 1 saturated heterocycles. The standard InChI is InChI=1S/C17H24N4O2/c1-20-11-14(16-4-2-3-5-17(16)20)10-19-23-13-15(22)12-21-8-6-18-7-9-21/h2-5,10-11,15,18,22H,6-9,12-13H2,1H3/b19-10+. The van der Waals surface area contributed by atoms with E-state index in [1.165, 1.54) is 0 Å². The maximum absolute atomic E-state index is 10.0. The maximum Gasteiger partial charge on any atom is 0.144 e. The summed E-state index contributed by atoms with van der Waals surface area (Å²) < 4.78 is 2.07. The molecule has 1 atom stereocenters. The molecule has 1 aromatic carbocycles. The smallest absolute Gasteiger partial charge is 0.144 e. The molecule has 1 fully saturated rings. The number of hydrogen-bond acceptors (Lipinski definition) is 5. The quantitative estimate of drug-likeness (QED) is 0.611. The second-order valence-electron chi connectivity index (χ2n) is 5.95. The Kier molecular flexibility index (Phi) is 5.27. The monoisotopic (exact) mass is 316 g/mol. The normalized spacial score (nSPS) is 17.8. The molecule has 2 N–H and O–H groups in total. The zero-order valence-electron chi connectivity index (χ0n) is 13.5. The average Bonchev–Trinajstić information content (AvgIpc) is 2.89. The van der Waals surface area contributed by atoms with Gasteiger partial charge >= 0.3 is 0 Å². The van der Waals surface area contributed by atoms with Gasteiger partial charge in [0.15, 0.2) is 0 Å². The predicted molar refractivity (Wildman–Crippen MR) is 91.8 cm³/mol. The number of fused-ring (bicyclic) bond motifs is 1. The number of nitrogens with one attached hydrogen (secondary N) is 1. The van der Waals surface area contributed by atoms with E-state index in [1.807, 2.05) is 25.4 Å². The molecular weight excluding hydrogens is 292 g/mol. The van der Waals surface area contributed by atoms with Crippen molar-refractivity contribution in [3.8, 4) is 0 Å². The fraction of sp³-hybridized carbons (Fsp3) is 0.471.